The molecule has 132 valence electrons. The maximum atomic E-state index is 13.2. The summed E-state index contributed by atoms with van der Waals surface area (Å²) in [6, 6.07) is 26.7. The average Bonchev–Trinajstić information content (AvgIpc) is 3.06. The van der Waals surface area contributed by atoms with E-state index < -0.39 is 0 Å². The standard InChI is InChI=1S/C23H13N3OS/c24-14-18(15-25)23-26(19-10-2-1-3-11-19)22(27)21(28-23)13-17-9-6-8-16-7-4-5-12-20(16)17/h1-13H/b21-13-. The van der Waals surface area contributed by atoms with E-state index in [-0.39, 0.29) is 11.1 Å². The maximum absolute atomic E-state index is 13.2. The number of thiazole rings is 1. The maximum Gasteiger partial charge on any atom is 0.273 e. The van der Waals surface area contributed by atoms with E-state index >= 15 is 0 Å². The van der Waals surface area contributed by atoms with Crippen molar-refractivity contribution in [2.24, 2.45) is 0 Å². The lowest BCUT2D eigenvalue weighted by Gasteiger charge is -2.01. The third-order valence-electron chi connectivity index (χ3n) is 4.39. The Morgan fingerprint density at radius 3 is 2.32 bits per heavy atom. The molecule has 4 rings (SSSR count). The number of benzene rings is 3. The SMILES string of the molecule is N#CC(C#N)=c1s/c(=C\c2cccc3ccccc23)c(=O)n1-c1ccccc1. The summed E-state index contributed by atoms with van der Waals surface area (Å²) in [7, 11) is 0. The molecular formula is C23H13N3OS. The van der Waals surface area contributed by atoms with Crippen molar-refractivity contribution in [2.45, 2.75) is 0 Å². The molecule has 4 aromatic rings. The smallest absolute Gasteiger partial charge is 0.267 e. The summed E-state index contributed by atoms with van der Waals surface area (Å²) in [6.07, 6.45) is 1.82. The summed E-state index contributed by atoms with van der Waals surface area (Å²) in [6.45, 7) is 0. The van der Waals surface area contributed by atoms with Gasteiger partial charge in [0.05, 0.1) is 10.2 Å². The van der Waals surface area contributed by atoms with Crippen LogP contribution in [0.2, 0.25) is 0 Å². The molecule has 0 radical (unpaired) electrons. The monoisotopic (exact) mass is 379 g/mol. The molecule has 0 N–H and O–H groups in total. The summed E-state index contributed by atoms with van der Waals surface area (Å²) in [5, 5.41) is 20.8. The Hall–Kier alpha value is -3.93. The molecule has 0 saturated heterocycles. The minimum absolute atomic E-state index is 0.0801. The number of para-hydroxylation sites is 1. The van der Waals surface area contributed by atoms with Crippen LogP contribution in [0.15, 0.2) is 77.6 Å². The number of aromatic nitrogens is 1. The first-order valence-electron chi connectivity index (χ1n) is 8.54. The summed E-state index contributed by atoms with van der Waals surface area (Å²) >= 11 is 1.15. The summed E-state index contributed by atoms with van der Waals surface area (Å²) in [5.41, 5.74) is 1.21. The largest absolute Gasteiger partial charge is 0.273 e. The second kappa shape index (κ2) is 7.36. The fraction of sp³-hybridized carbons (Fsp3) is 0. The molecule has 4 nitrogen and oxygen atoms in total. The van der Waals surface area contributed by atoms with Crippen molar-refractivity contribution in [1.82, 2.24) is 4.57 Å². The highest BCUT2D eigenvalue weighted by Gasteiger charge is 2.11. The van der Waals surface area contributed by atoms with E-state index in [1.165, 1.54) is 4.57 Å². The molecule has 1 heterocycles. The zero-order valence-electron chi connectivity index (χ0n) is 14.7. The van der Waals surface area contributed by atoms with Crippen LogP contribution in [0.1, 0.15) is 5.56 Å². The van der Waals surface area contributed by atoms with Crippen LogP contribution < -0.4 is 14.8 Å². The zero-order valence-corrected chi connectivity index (χ0v) is 15.5. The Labute approximate surface area is 164 Å². The van der Waals surface area contributed by atoms with Crippen LogP contribution in [0.3, 0.4) is 0 Å². The van der Waals surface area contributed by atoms with Gasteiger partial charge in [-0.25, -0.2) is 0 Å². The molecule has 0 fully saturated rings. The Bertz CT molecular complexity index is 1430. The van der Waals surface area contributed by atoms with Gasteiger partial charge in [-0.2, -0.15) is 10.5 Å². The van der Waals surface area contributed by atoms with Gasteiger partial charge in [-0.1, -0.05) is 60.7 Å². The van der Waals surface area contributed by atoms with Crippen molar-refractivity contribution in [2.75, 3.05) is 0 Å². The van der Waals surface area contributed by atoms with E-state index in [1.807, 2.05) is 78.9 Å². The van der Waals surface area contributed by atoms with Gasteiger partial charge in [-0.3, -0.25) is 9.36 Å². The average molecular weight is 379 g/mol. The van der Waals surface area contributed by atoms with Crippen molar-refractivity contribution < 1.29 is 0 Å². The minimum Gasteiger partial charge on any atom is -0.267 e. The molecular weight excluding hydrogens is 366 g/mol. The first-order valence-corrected chi connectivity index (χ1v) is 9.36. The Balaban J connectivity index is 2.10. The summed E-state index contributed by atoms with van der Waals surface area (Å²) in [4.78, 5) is 13.2. The van der Waals surface area contributed by atoms with Crippen molar-refractivity contribution in [1.29, 1.82) is 10.5 Å². The van der Waals surface area contributed by atoms with E-state index in [1.54, 1.807) is 12.1 Å². The molecule has 3 aromatic carbocycles. The molecule has 0 aliphatic rings. The van der Waals surface area contributed by atoms with Gasteiger partial charge in [0.2, 0.25) is 0 Å². The van der Waals surface area contributed by atoms with Gasteiger partial charge >= 0.3 is 0 Å². The summed E-state index contributed by atoms with van der Waals surface area (Å²) < 4.78 is 2.24. The van der Waals surface area contributed by atoms with Crippen molar-refractivity contribution in [3.8, 4) is 17.8 Å². The first kappa shape index (κ1) is 17.5. The van der Waals surface area contributed by atoms with E-state index in [0.717, 1.165) is 27.7 Å². The van der Waals surface area contributed by atoms with Gasteiger partial charge < -0.3 is 0 Å². The van der Waals surface area contributed by atoms with Crippen molar-refractivity contribution >= 4 is 33.8 Å². The van der Waals surface area contributed by atoms with Crippen LogP contribution in [-0.2, 0) is 0 Å². The van der Waals surface area contributed by atoms with Crippen LogP contribution in [-0.4, -0.2) is 4.57 Å². The molecule has 1 aromatic heterocycles. The minimum atomic E-state index is -0.248. The lowest BCUT2D eigenvalue weighted by molar-refractivity contribution is 0.988. The molecule has 28 heavy (non-hydrogen) atoms. The van der Waals surface area contributed by atoms with Crippen LogP contribution in [0.4, 0.5) is 0 Å². The van der Waals surface area contributed by atoms with Crippen molar-refractivity contribution in [3.63, 3.8) is 0 Å². The zero-order chi connectivity index (χ0) is 19.5. The third kappa shape index (κ3) is 3.01. The molecule has 0 unspecified atom stereocenters. The first-order chi connectivity index (χ1) is 13.7. The number of nitrogens with zero attached hydrogens (tertiary/aromatic N) is 3. The highest BCUT2D eigenvalue weighted by atomic mass is 32.1. The van der Waals surface area contributed by atoms with Crippen LogP contribution in [0.25, 0.3) is 28.1 Å². The predicted molar refractivity (Wildman–Crippen MR) is 111 cm³/mol. The van der Waals surface area contributed by atoms with Crippen LogP contribution >= 0.6 is 11.3 Å². The molecule has 5 heteroatoms. The summed E-state index contributed by atoms with van der Waals surface area (Å²) in [5.74, 6) is 0. The van der Waals surface area contributed by atoms with E-state index in [2.05, 4.69) is 0 Å². The highest BCUT2D eigenvalue weighted by molar-refractivity contribution is 7.07. The number of rotatable bonds is 2. The lowest BCUT2D eigenvalue weighted by atomic mass is 10.0. The van der Waals surface area contributed by atoms with Crippen LogP contribution in [0, 0.1) is 22.7 Å². The van der Waals surface area contributed by atoms with E-state index in [0.29, 0.717) is 14.9 Å². The van der Waals surface area contributed by atoms with Gasteiger partial charge in [0.1, 0.15) is 16.8 Å². The molecule has 0 spiro atoms. The van der Waals surface area contributed by atoms with Gasteiger partial charge in [0.15, 0.2) is 5.57 Å². The molecule has 0 aliphatic carbocycles. The van der Waals surface area contributed by atoms with Crippen LogP contribution in [0.5, 0.6) is 0 Å². The Kier molecular flexibility index (Phi) is 4.60. The number of nitriles is 2. The Morgan fingerprint density at radius 2 is 1.57 bits per heavy atom. The number of hydrogen-bond donors (Lipinski definition) is 0. The van der Waals surface area contributed by atoms with Crippen molar-refractivity contribution in [3.05, 3.63) is 97.9 Å². The number of hydrogen-bond acceptors (Lipinski definition) is 4. The van der Waals surface area contributed by atoms with Gasteiger partial charge in [-0.05, 0) is 34.5 Å². The quantitative estimate of drug-likeness (QED) is 0.537. The lowest BCUT2D eigenvalue weighted by Crippen LogP contribution is -2.30. The predicted octanol–water partition coefficient (Wildman–Crippen LogP) is 3.08. The molecule has 0 saturated carbocycles. The topological polar surface area (TPSA) is 69.6 Å². The normalized spacial score (nSPS) is 11.1. The fourth-order valence-corrected chi connectivity index (χ4v) is 4.15. The third-order valence-corrected chi connectivity index (χ3v) is 5.48. The second-order valence-corrected chi connectivity index (χ2v) is 7.09. The van der Waals surface area contributed by atoms with Gasteiger partial charge in [-0.15, -0.1) is 11.3 Å². The number of fused-ring (bicyclic) bond motifs is 1. The molecule has 0 amide bonds. The molecule has 0 bridgehead atoms. The van der Waals surface area contributed by atoms with Gasteiger partial charge in [0, 0.05) is 0 Å². The van der Waals surface area contributed by atoms with E-state index in [9.17, 15) is 15.3 Å². The second-order valence-electron chi connectivity index (χ2n) is 6.06. The molecule has 0 atom stereocenters. The fourth-order valence-electron chi connectivity index (χ4n) is 3.10. The Morgan fingerprint density at radius 1 is 0.893 bits per heavy atom. The highest BCUT2D eigenvalue weighted by Crippen LogP contribution is 2.18. The van der Waals surface area contributed by atoms with Gasteiger partial charge in [0.25, 0.3) is 5.56 Å². The van der Waals surface area contributed by atoms with E-state index in [4.69, 9.17) is 0 Å². The molecule has 0 aliphatic heterocycles.